The maximum absolute atomic E-state index is 12.5. The number of hydrogen-bond acceptors (Lipinski definition) is 4. The number of benzene rings is 1. The van der Waals surface area contributed by atoms with Gasteiger partial charge in [0.15, 0.2) is 0 Å². The molecule has 1 amide bonds. The second-order valence-corrected chi connectivity index (χ2v) is 6.64. The fraction of sp³-hybridized carbons (Fsp3) is 0.562. The molecule has 3 aliphatic carbocycles. The van der Waals surface area contributed by atoms with Crippen molar-refractivity contribution in [2.75, 3.05) is 12.4 Å². The number of nitrogens with zero attached hydrogens (tertiary/aromatic N) is 1. The van der Waals surface area contributed by atoms with Gasteiger partial charge in [-0.05, 0) is 55.1 Å². The van der Waals surface area contributed by atoms with E-state index >= 15 is 0 Å². The van der Waals surface area contributed by atoms with Crippen molar-refractivity contribution in [3.8, 4) is 5.75 Å². The summed E-state index contributed by atoms with van der Waals surface area (Å²) in [6, 6.07) is 4.51. The third-order valence-corrected chi connectivity index (χ3v) is 5.70. The SMILES string of the molecule is COc1ccc(NC(=O)C2C3C4CCC(C4)C23)c([N+](=O)[O-])c1. The first kappa shape index (κ1) is 13.5. The van der Waals surface area contributed by atoms with Gasteiger partial charge in [-0.1, -0.05) is 0 Å². The molecule has 4 atom stereocenters. The first-order valence-electron chi connectivity index (χ1n) is 7.73. The van der Waals surface area contributed by atoms with Crippen LogP contribution in [0, 0.1) is 39.7 Å². The smallest absolute Gasteiger partial charge is 0.296 e. The molecule has 22 heavy (non-hydrogen) atoms. The Bertz CT molecular complexity index is 644. The fourth-order valence-corrected chi connectivity index (χ4v) is 4.79. The van der Waals surface area contributed by atoms with Crippen molar-refractivity contribution in [2.45, 2.75) is 19.3 Å². The topological polar surface area (TPSA) is 81.5 Å². The highest BCUT2D eigenvalue weighted by molar-refractivity contribution is 5.97. The zero-order valence-electron chi connectivity index (χ0n) is 12.3. The average molecular weight is 302 g/mol. The summed E-state index contributed by atoms with van der Waals surface area (Å²) in [7, 11) is 1.46. The molecule has 3 aliphatic rings. The number of rotatable bonds is 4. The molecule has 1 aromatic carbocycles. The summed E-state index contributed by atoms with van der Waals surface area (Å²) >= 11 is 0. The highest BCUT2D eigenvalue weighted by Crippen LogP contribution is 2.69. The van der Waals surface area contributed by atoms with E-state index < -0.39 is 4.92 Å². The number of carbonyl (C=O) groups is 1. The number of nitro groups is 1. The van der Waals surface area contributed by atoms with E-state index in [1.807, 2.05) is 0 Å². The number of nitro benzene ring substituents is 1. The van der Waals surface area contributed by atoms with E-state index in [4.69, 9.17) is 4.74 Å². The van der Waals surface area contributed by atoms with Crippen molar-refractivity contribution in [3.05, 3.63) is 28.3 Å². The van der Waals surface area contributed by atoms with Crippen molar-refractivity contribution in [2.24, 2.45) is 29.6 Å². The van der Waals surface area contributed by atoms with Crippen molar-refractivity contribution in [3.63, 3.8) is 0 Å². The molecule has 0 aromatic heterocycles. The lowest BCUT2D eigenvalue weighted by atomic mass is 10.0. The van der Waals surface area contributed by atoms with Crippen LogP contribution in [0.3, 0.4) is 0 Å². The summed E-state index contributed by atoms with van der Waals surface area (Å²) < 4.78 is 5.00. The summed E-state index contributed by atoms with van der Waals surface area (Å²) in [5.74, 6) is 2.87. The lowest BCUT2D eigenvalue weighted by molar-refractivity contribution is -0.384. The Morgan fingerprint density at radius 1 is 1.32 bits per heavy atom. The Morgan fingerprint density at radius 3 is 2.59 bits per heavy atom. The minimum atomic E-state index is -0.491. The number of amides is 1. The molecule has 0 saturated heterocycles. The van der Waals surface area contributed by atoms with Crippen LogP contribution in [0.15, 0.2) is 18.2 Å². The van der Waals surface area contributed by atoms with Gasteiger partial charge >= 0.3 is 0 Å². The summed E-state index contributed by atoms with van der Waals surface area (Å²) in [4.78, 5) is 23.1. The van der Waals surface area contributed by atoms with Crippen LogP contribution < -0.4 is 10.1 Å². The van der Waals surface area contributed by atoms with Crippen molar-refractivity contribution >= 4 is 17.3 Å². The van der Waals surface area contributed by atoms with Gasteiger partial charge in [0.2, 0.25) is 5.91 Å². The molecule has 3 saturated carbocycles. The van der Waals surface area contributed by atoms with Gasteiger partial charge in [0, 0.05) is 5.92 Å². The summed E-state index contributed by atoms with van der Waals surface area (Å²) in [5.41, 5.74) is 0.134. The third-order valence-electron chi connectivity index (χ3n) is 5.70. The highest BCUT2D eigenvalue weighted by atomic mass is 16.6. The molecule has 3 fully saturated rings. The van der Waals surface area contributed by atoms with Gasteiger partial charge < -0.3 is 10.1 Å². The second-order valence-electron chi connectivity index (χ2n) is 6.64. The van der Waals surface area contributed by atoms with Crippen molar-refractivity contribution < 1.29 is 14.5 Å². The minimum Gasteiger partial charge on any atom is -0.496 e. The Kier molecular flexibility index (Phi) is 2.89. The molecule has 2 bridgehead atoms. The zero-order chi connectivity index (χ0) is 15.4. The van der Waals surface area contributed by atoms with Crippen molar-refractivity contribution in [1.82, 2.24) is 0 Å². The van der Waals surface area contributed by atoms with Gasteiger partial charge in [-0.3, -0.25) is 14.9 Å². The Balaban J connectivity index is 1.52. The quantitative estimate of drug-likeness (QED) is 0.685. The molecule has 6 heteroatoms. The number of methoxy groups -OCH3 is 1. The maximum Gasteiger partial charge on any atom is 0.296 e. The van der Waals surface area contributed by atoms with E-state index in [2.05, 4.69) is 5.32 Å². The molecular formula is C16H18N2O4. The minimum absolute atomic E-state index is 0.0557. The van der Waals surface area contributed by atoms with Crippen LogP contribution in [0.1, 0.15) is 19.3 Å². The fourth-order valence-electron chi connectivity index (χ4n) is 4.79. The van der Waals surface area contributed by atoms with Crippen LogP contribution in [0.2, 0.25) is 0 Å². The van der Waals surface area contributed by atoms with Crippen molar-refractivity contribution in [1.29, 1.82) is 0 Å². The summed E-state index contributed by atoms with van der Waals surface area (Å²) in [6.07, 6.45) is 3.78. The first-order chi connectivity index (χ1) is 10.6. The van der Waals surface area contributed by atoms with E-state index in [0.717, 1.165) is 0 Å². The van der Waals surface area contributed by atoms with Crippen LogP contribution in [0.4, 0.5) is 11.4 Å². The number of hydrogen-bond donors (Lipinski definition) is 1. The van der Waals surface area contributed by atoms with Crippen LogP contribution in [0.5, 0.6) is 5.75 Å². The molecule has 1 N–H and O–H groups in total. The lowest BCUT2D eigenvalue weighted by Gasteiger charge is -2.10. The second kappa shape index (κ2) is 4.69. The van der Waals surface area contributed by atoms with Gasteiger partial charge in [0.05, 0.1) is 18.1 Å². The number of nitrogens with one attached hydrogen (secondary N) is 1. The van der Waals surface area contributed by atoms with Gasteiger partial charge in [-0.25, -0.2) is 0 Å². The molecule has 4 unspecified atom stereocenters. The zero-order valence-corrected chi connectivity index (χ0v) is 12.3. The largest absolute Gasteiger partial charge is 0.496 e. The van der Waals surface area contributed by atoms with Crippen LogP contribution in [0.25, 0.3) is 0 Å². The number of anilines is 1. The number of carbonyl (C=O) groups excluding carboxylic acids is 1. The molecule has 6 nitrogen and oxygen atoms in total. The molecule has 4 rings (SSSR count). The predicted octanol–water partition coefficient (Wildman–Crippen LogP) is 2.83. The van der Waals surface area contributed by atoms with Gasteiger partial charge in [0.25, 0.3) is 5.69 Å². The predicted molar refractivity (Wildman–Crippen MR) is 79.6 cm³/mol. The Labute approximate surface area is 128 Å². The van der Waals surface area contributed by atoms with E-state index in [1.54, 1.807) is 12.1 Å². The standard InChI is InChI=1S/C16H18N2O4/c1-22-10-4-5-11(12(7-10)18(20)21)17-16(19)15-13-8-2-3-9(6-8)14(13)15/h4-5,7-9,13-15H,2-3,6H2,1H3,(H,17,19). The van der Waals surface area contributed by atoms with Gasteiger partial charge in [-0.2, -0.15) is 0 Å². The molecular weight excluding hydrogens is 284 g/mol. The molecule has 0 aliphatic heterocycles. The van der Waals surface area contributed by atoms with Gasteiger partial charge in [-0.15, -0.1) is 0 Å². The van der Waals surface area contributed by atoms with E-state index in [0.29, 0.717) is 29.4 Å². The Hall–Kier alpha value is -2.11. The molecule has 0 heterocycles. The summed E-state index contributed by atoms with van der Waals surface area (Å²) in [5, 5.41) is 13.9. The summed E-state index contributed by atoms with van der Waals surface area (Å²) in [6.45, 7) is 0. The third kappa shape index (κ3) is 1.90. The van der Waals surface area contributed by atoms with Crippen LogP contribution >= 0.6 is 0 Å². The van der Waals surface area contributed by atoms with E-state index in [9.17, 15) is 14.9 Å². The molecule has 0 radical (unpaired) electrons. The first-order valence-corrected chi connectivity index (χ1v) is 7.73. The van der Waals surface area contributed by atoms with Crippen LogP contribution in [-0.2, 0) is 4.79 Å². The molecule has 0 spiro atoms. The van der Waals surface area contributed by atoms with Gasteiger partial charge in [0.1, 0.15) is 11.4 Å². The monoisotopic (exact) mass is 302 g/mol. The Morgan fingerprint density at radius 2 is 2.00 bits per heavy atom. The van der Waals surface area contributed by atoms with E-state index in [-0.39, 0.29) is 23.2 Å². The normalized spacial score (nSPS) is 34.1. The molecule has 116 valence electrons. The lowest BCUT2D eigenvalue weighted by Crippen LogP contribution is -2.19. The number of fused-ring (bicyclic) bond motifs is 5. The highest BCUT2D eigenvalue weighted by Gasteiger charge is 2.67. The van der Waals surface area contributed by atoms with E-state index in [1.165, 1.54) is 32.4 Å². The van der Waals surface area contributed by atoms with Crippen LogP contribution in [-0.4, -0.2) is 17.9 Å². The maximum atomic E-state index is 12.5. The molecule has 1 aromatic rings. The number of ether oxygens (including phenoxy) is 1. The average Bonchev–Trinajstić information content (AvgIpc) is 2.96.